The minimum absolute atomic E-state index is 0.457. The summed E-state index contributed by atoms with van der Waals surface area (Å²) in [6.45, 7) is 7.69. The number of likely N-dealkylation sites (N-methyl/N-ethyl adjacent to an activating group) is 1. The van der Waals surface area contributed by atoms with Crippen LogP contribution in [0, 0.1) is 11.3 Å². The summed E-state index contributed by atoms with van der Waals surface area (Å²) in [6.07, 6.45) is 0. The third-order valence-corrected chi connectivity index (χ3v) is 7.60. The van der Waals surface area contributed by atoms with Gasteiger partial charge in [0.15, 0.2) is 13.8 Å². The molecule has 0 aliphatic carbocycles. The van der Waals surface area contributed by atoms with E-state index in [1.807, 2.05) is 60.7 Å². The summed E-state index contributed by atoms with van der Waals surface area (Å²) in [4.78, 5) is 0. The molecule has 0 radical (unpaired) electrons. The number of benzene rings is 2. The molecule has 1 aliphatic rings. The number of ether oxygens (including phenoxy) is 1. The topological polar surface area (TPSA) is 62.1 Å². The molecule has 5 nitrogen and oxygen atoms in total. The van der Waals surface area contributed by atoms with Crippen molar-refractivity contribution in [3.8, 4) is 6.07 Å². The monoisotopic (exact) mass is 422 g/mol. The molecule has 1 heterocycles. The van der Waals surface area contributed by atoms with Gasteiger partial charge in [0.25, 0.3) is 0 Å². The first kappa shape index (κ1) is 22.1. The van der Waals surface area contributed by atoms with Gasteiger partial charge in [-0.25, -0.2) is 0 Å². The molecule has 0 atom stereocenters. The molecule has 0 spiro atoms. The number of nitrogens with zero attached hydrogens (tertiary/aromatic N) is 2. The Morgan fingerprint density at radius 2 is 1.43 bits per heavy atom. The summed E-state index contributed by atoms with van der Waals surface area (Å²) in [5, 5.41) is 12.5. The molecular formula is C24H29N3O2P+. The minimum Gasteiger partial charge on any atom is -0.456 e. The molecule has 2 aromatic rings. The molecule has 3 rings (SSSR count). The number of hydrogen-bond donors (Lipinski definition) is 1. The molecule has 2 aromatic carbocycles. The van der Waals surface area contributed by atoms with Gasteiger partial charge < -0.3 is 9.22 Å². The zero-order valence-corrected chi connectivity index (χ0v) is 18.5. The Labute approximate surface area is 179 Å². The van der Waals surface area contributed by atoms with E-state index in [9.17, 15) is 9.83 Å². The third-order valence-electron chi connectivity index (χ3n) is 5.65. The van der Waals surface area contributed by atoms with Crippen molar-refractivity contribution in [2.75, 3.05) is 32.7 Å². The van der Waals surface area contributed by atoms with Crippen LogP contribution in [-0.2, 0) is 9.30 Å². The van der Waals surface area contributed by atoms with Crippen molar-refractivity contribution >= 4 is 18.8 Å². The first-order valence-corrected chi connectivity index (χ1v) is 12.2. The lowest BCUT2D eigenvalue weighted by atomic mass is 10.2. The van der Waals surface area contributed by atoms with Crippen LogP contribution in [0.4, 0.5) is 0 Å². The molecule has 0 saturated heterocycles. The van der Waals surface area contributed by atoms with Crippen LogP contribution >= 0.6 is 7.29 Å². The Morgan fingerprint density at radius 1 is 0.933 bits per heavy atom. The predicted octanol–water partition coefficient (Wildman–Crippen LogP) is 5.26. The van der Waals surface area contributed by atoms with Crippen molar-refractivity contribution in [3.05, 3.63) is 83.4 Å². The maximum atomic E-state index is 13.8. The number of quaternary nitrogens is 1. The third kappa shape index (κ3) is 5.29. The van der Waals surface area contributed by atoms with E-state index >= 15 is 0 Å². The van der Waals surface area contributed by atoms with E-state index in [2.05, 4.69) is 25.0 Å². The van der Waals surface area contributed by atoms with Gasteiger partial charge in [-0.1, -0.05) is 60.7 Å². The van der Waals surface area contributed by atoms with E-state index in [0.717, 1.165) is 30.8 Å². The van der Waals surface area contributed by atoms with Gasteiger partial charge in [-0.3, -0.25) is 9.65 Å². The molecule has 0 fully saturated rings. The fourth-order valence-corrected chi connectivity index (χ4v) is 5.38. The standard InChI is InChI=1S/C24H29N3O2P/c1-3-27(4-2,17-15-25)18-16-26-30(28)19-23(21-11-7-5-8-12-21)29-24(20-30)22-13-9-6-10-14-22/h5-14,19-20H,3-4,16-18H2,1-2H3,(H,26,28)/q+1. The van der Waals surface area contributed by atoms with Gasteiger partial charge in [0.05, 0.1) is 26.2 Å². The van der Waals surface area contributed by atoms with Crippen molar-refractivity contribution in [2.45, 2.75) is 13.8 Å². The first-order chi connectivity index (χ1) is 14.5. The van der Waals surface area contributed by atoms with Gasteiger partial charge in [0.2, 0.25) is 0 Å². The van der Waals surface area contributed by atoms with E-state index in [4.69, 9.17) is 4.74 Å². The van der Waals surface area contributed by atoms with Crippen LogP contribution in [0.2, 0.25) is 0 Å². The Bertz CT molecular complexity index is 931. The highest BCUT2D eigenvalue weighted by Gasteiger charge is 2.28. The van der Waals surface area contributed by atoms with Gasteiger partial charge in [-0.15, -0.1) is 0 Å². The highest BCUT2D eigenvalue weighted by atomic mass is 31.2. The van der Waals surface area contributed by atoms with Crippen LogP contribution < -0.4 is 5.09 Å². The number of hydrogen-bond acceptors (Lipinski definition) is 3. The van der Waals surface area contributed by atoms with Crippen molar-refractivity contribution in [2.24, 2.45) is 0 Å². The van der Waals surface area contributed by atoms with E-state index < -0.39 is 7.29 Å². The molecule has 156 valence electrons. The Balaban J connectivity index is 1.87. The van der Waals surface area contributed by atoms with Crippen molar-refractivity contribution in [1.82, 2.24) is 5.09 Å². The second kappa shape index (κ2) is 9.91. The van der Waals surface area contributed by atoms with E-state index in [0.29, 0.717) is 29.1 Å². The maximum absolute atomic E-state index is 13.8. The van der Waals surface area contributed by atoms with Crippen LogP contribution in [0.25, 0.3) is 11.5 Å². The summed E-state index contributed by atoms with van der Waals surface area (Å²) >= 11 is 0. The lowest BCUT2D eigenvalue weighted by Gasteiger charge is -2.35. The Kier molecular flexibility index (Phi) is 7.29. The lowest BCUT2D eigenvalue weighted by molar-refractivity contribution is -0.917. The molecule has 0 unspecified atom stereocenters. The lowest BCUT2D eigenvalue weighted by Crippen LogP contribution is -2.51. The molecule has 6 heteroatoms. The number of nitrogens with one attached hydrogen (secondary N) is 1. The Hall–Kier alpha value is -2.64. The van der Waals surface area contributed by atoms with Gasteiger partial charge in [0.1, 0.15) is 17.6 Å². The van der Waals surface area contributed by atoms with Gasteiger partial charge in [0, 0.05) is 22.8 Å². The van der Waals surface area contributed by atoms with Gasteiger partial charge in [-0.05, 0) is 13.8 Å². The van der Waals surface area contributed by atoms with Crippen LogP contribution in [0.3, 0.4) is 0 Å². The largest absolute Gasteiger partial charge is 0.456 e. The van der Waals surface area contributed by atoms with Gasteiger partial charge in [-0.2, -0.15) is 5.26 Å². The maximum Gasteiger partial charge on any atom is 0.198 e. The van der Waals surface area contributed by atoms with E-state index in [1.54, 1.807) is 11.6 Å². The van der Waals surface area contributed by atoms with Crippen LogP contribution in [0.5, 0.6) is 0 Å². The molecule has 0 amide bonds. The number of nitriles is 1. The predicted molar refractivity (Wildman–Crippen MR) is 122 cm³/mol. The van der Waals surface area contributed by atoms with Crippen LogP contribution in [-0.4, -0.2) is 37.2 Å². The molecule has 0 saturated carbocycles. The average Bonchev–Trinajstić information content (AvgIpc) is 2.79. The molecular weight excluding hydrogens is 393 g/mol. The van der Waals surface area contributed by atoms with Gasteiger partial charge >= 0.3 is 0 Å². The fourth-order valence-electron chi connectivity index (χ4n) is 3.57. The summed E-state index contributed by atoms with van der Waals surface area (Å²) in [5.74, 6) is 4.62. The van der Waals surface area contributed by atoms with E-state index in [-0.39, 0.29) is 0 Å². The smallest absolute Gasteiger partial charge is 0.198 e. The normalized spacial score (nSPS) is 15.5. The first-order valence-electron chi connectivity index (χ1n) is 10.3. The second-order valence-corrected chi connectivity index (χ2v) is 9.70. The summed E-state index contributed by atoms with van der Waals surface area (Å²) in [7, 11) is -2.97. The Morgan fingerprint density at radius 3 is 1.87 bits per heavy atom. The summed E-state index contributed by atoms with van der Waals surface area (Å²) < 4.78 is 20.6. The zero-order chi connectivity index (χ0) is 21.5. The van der Waals surface area contributed by atoms with Crippen molar-refractivity contribution < 1.29 is 13.8 Å². The summed E-state index contributed by atoms with van der Waals surface area (Å²) in [5.41, 5.74) is 1.77. The molecule has 1 N–H and O–H groups in total. The highest BCUT2D eigenvalue weighted by Crippen LogP contribution is 2.53. The SMILES string of the molecule is CC[N+](CC)(CC#N)CCNP1(=O)C=C(c2ccccc2)OC(c2ccccc2)=C1. The molecule has 0 bridgehead atoms. The molecule has 30 heavy (non-hydrogen) atoms. The van der Waals surface area contributed by atoms with E-state index in [1.165, 1.54) is 0 Å². The zero-order valence-electron chi connectivity index (χ0n) is 17.6. The second-order valence-electron chi connectivity index (χ2n) is 7.45. The van der Waals surface area contributed by atoms with Crippen molar-refractivity contribution in [3.63, 3.8) is 0 Å². The van der Waals surface area contributed by atoms with Crippen molar-refractivity contribution in [1.29, 1.82) is 5.26 Å². The fraction of sp³-hybridized carbons (Fsp3) is 0.292. The quantitative estimate of drug-likeness (QED) is 0.340. The average molecular weight is 422 g/mol. The molecule has 1 aliphatic heterocycles. The minimum atomic E-state index is -2.97. The highest BCUT2D eigenvalue weighted by molar-refractivity contribution is 7.68. The summed E-state index contributed by atoms with van der Waals surface area (Å²) in [6, 6.07) is 21.8. The number of rotatable bonds is 9. The van der Waals surface area contributed by atoms with Crippen LogP contribution in [0.1, 0.15) is 25.0 Å². The van der Waals surface area contributed by atoms with Crippen LogP contribution in [0.15, 0.2) is 72.3 Å². The molecule has 0 aromatic heterocycles.